The molecule has 0 fully saturated rings. The Morgan fingerprint density at radius 1 is 1.13 bits per heavy atom. The van der Waals surface area contributed by atoms with Crippen molar-refractivity contribution in [1.29, 1.82) is 0 Å². The molecule has 0 spiro atoms. The summed E-state index contributed by atoms with van der Waals surface area (Å²) in [6.45, 7) is 3.89. The van der Waals surface area contributed by atoms with Crippen molar-refractivity contribution in [3.63, 3.8) is 0 Å². The summed E-state index contributed by atoms with van der Waals surface area (Å²) in [5.74, 6) is -0.478. The molecule has 2 aromatic carbocycles. The van der Waals surface area contributed by atoms with Gasteiger partial charge >= 0.3 is 5.97 Å². The standard InChI is InChI=1S/C24H26INO4S/c1-19-11-13-23(14-12-19)31(28,29)26(20(2)15-16-25)17-7-10-22(18-24(27)30-3)21-8-5-4-6-9-21/h4-16,18,20H,17H2,1-3H3/b10-7+,16-15+,22-18+. The summed E-state index contributed by atoms with van der Waals surface area (Å²) in [5.41, 5.74) is 2.46. The topological polar surface area (TPSA) is 63.7 Å². The maximum atomic E-state index is 13.3. The SMILES string of the molecule is COC(=O)/C=C(\C=C\CN(C(C)/C=C/I)S(=O)(=O)c1ccc(C)cc1)c1ccccc1. The fourth-order valence-electron chi connectivity index (χ4n) is 2.86. The third-order valence-electron chi connectivity index (χ3n) is 4.60. The molecular formula is C24H26INO4S. The monoisotopic (exact) mass is 551 g/mol. The van der Waals surface area contributed by atoms with Gasteiger partial charge in [-0.1, -0.05) is 88.8 Å². The zero-order chi connectivity index (χ0) is 22.9. The van der Waals surface area contributed by atoms with E-state index in [0.717, 1.165) is 11.1 Å². The van der Waals surface area contributed by atoms with Crippen molar-refractivity contribution in [3.8, 4) is 0 Å². The number of benzene rings is 2. The van der Waals surface area contributed by atoms with Gasteiger partial charge in [0.15, 0.2) is 0 Å². The summed E-state index contributed by atoms with van der Waals surface area (Å²) >= 11 is 2.08. The molecule has 0 bridgehead atoms. The number of hydrogen-bond donors (Lipinski definition) is 0. The van der Waals surface area contributed by atoms with E-state index in [4.69, 9.17) is 4.74 Å². The molecule has 1 unspecified atom stereocenters. The first-order valence-corrected chi connectivity index (χ1v) is 12.3. The molecule has 0 radical (unpaired) electrons. The number of nitrogens with zero attached hydrogens (tertiary/aromatic N) is 1. The number of rotatable bonds is 9. The van der Waals surface area contributed by atoms with Crippen molar-refractivity contribution >= 4 is 44.2 Å². The number of sulfonamides is 1. The third kappa shape index (κ3) is 7.15. The van der Waals surface area contributed by atoms with Crippen LogP contribution in [0, 0.1) is 6.92 Å². The van der Waals surface area contributed by atoms with E-state index >= 15 is 0 Å². The Labute approximate surface area is 198 Å². The van der Waals surface area contributed by atoms with Gasteiger partial charge in [-0.25, -0.2) is 13.2 Å². The maximum Gasteiger partial charge on any atom is 0.331 e. The number of hydrogen-bond acceptors (Lipinski definition) is 4. The largest absolute Gasteiger partial charge is 0.466 e. The van der Waals surface area contributed by atoms with E-state index < -0.39 is 16.0 Å². The number of allylic oxidation sites excluding steroid dienone is 2. The predicted molar refractivity (Wildman–Crippen MR) is 133 cm³/mol. The van der Waals surface area contributed by atoms with Gasteiger partial charge in [0, 0.05) is 18.7 Å². The van der Waals surface area contributed by atoms with Crippen molar-refractivity contribution in [2.24, 2.45) is 0 Å². The van der Waals surface area contributed by atoms with Gasteiger partial charge < -0.3 is 4.74 Å². The number of ether oxygens (including phenoxy) is 1. The second-order valence-electron chi connectivity index (χ2n) is 6.84. The molecule has 5 nitrogen and oxygen atoms in total. The van der Waals surface area contributed by atoms with Crippen LogP contribution in [0.15, 0.2) is 87.9 Å². The summed E-state index contributed by atoms with van der Waals surface area (Å²) in [7, 11) is -2.39. The van der Waals surface area contributed by atoms with Crippen LogP contribution in [0.3, 0.4) is 0 Å². The zero-order valence-corrected chi connectivity index (χ0v) is 20.7. The van der Waals surface area contributed by atoms with E-state index in [1.54, 1.807) is 40.5 Å². The number of methoxy groups -OCH3 is 1. The van der Waals surface area contributed by atoms with Crippen LogP contribution >= 0.6 is 22.6 Å². The van der Waals surface area contributed by atoms with Gasteiger partial charge in [-0.3, -0.25) is 0 Å². The molecule has 2 aromatic rings. The third-order valence-corrected chi connectivity index (χ3v) is 6.98. The number of halogens is 1. The average Bonchev–Trinajstić information content (AvgIpc) is 2.76. The molecule has 0 heterocycles. The molecule has 7 heteroatoms. The Bertz CT molecular complexity index is 1060. The summed E-state index contributed by atoms with van der Waals surface area (Å²) in [4.78, 5) is 12.1. The number of esters is 1. The van der Waals surface area contributed by atoms with E-state index in [0.29, 0.717) is 5.57 Å². The summed E-state index contributed by atoms with van der Waals surface area (Å²) in [6.07, 6.45) is 6.69. The van der Waals surface area contributed by atoms with Gasteiger partial charge in [0.1, 0.15) is 0 Å². The Morgan fingerprint density at radius 3 is 2.35 bits per heavy atom. The summed E-state index contributed by atoms with van der Waals surface area (Å²) in [5, 5.41) is 0. The van der Waals surface area contributed by atoms with E-state index in [2.05, 4.69) is 22.6 Å². The molecule has 0 amide bonds. The maximum absolute atomic E-state index is 13.3. The first-order chi connectivity index (χ1) is 14.8. The lowest BCUT2D eigenvalue weighted by Crippen LogP contribution is -2.37. The van der Waals surface area contributed by atoms with Gasteiger partial charge in [0.25, 0.3) is 0 Å². The average molecular weight is 551 g/mol. The molecule has 0 aliphatic carbocycles. The van der Waals surface area contributed by atoms with Crippen LogP contribution in [0.25, 0.3) is 5.57 Å². The van der Waals surface area contributed by atoms with Crippen molar-refractivity contribution < 1.29 is 17.9 Å². The van der Waals surface area contributed by atoms with Gasteiger partial charge in [-0.2, -0.15) is 4.31 Å². The molecule has 164 valence electrons. The highest BCUT2D eigenvalue weighted by Crippen LogP contribution is 2.21. The fraction of sp³-hybridized carbons (Fsp3) is 0.208. The van der Waals surface area contributed by atoms with Gasteiger partial charge in [-0.15, -0.1) is 0 Å². The predicted octanol–water partition coefficient (Wildman–Crippen LogP) is 5.14. The molecule has 0 N–H and O–H groups in total. The van der Waals surface area contributed by atoms with Crippen LogP contribution in [0.4, 0.5) is 0 Å². The van der Waals surface area contributed by atoms with Crippen molar-refractivity contribution in [2.45, 2.75) is 24.8 Å². The minimum Gasteiger partial charge on any atom is -0.466 e. The Balaban J connectivity index is 2.38. The minimum atomic E-state index is -3.71. The lowest BCUT2D eigenvalue weighted by atomic mass is 10.1. The second-order valence-corrected chi connectivity index (χ2v) is 9.45. The lowest BCUT2D eigenvalue weighted by Gasteiger charge is -2.25. The molecule has 31 heavy (non-hydrogen) atoms. The smallest absolute Gasteiger partial charge is 0.331 e. The molecule has 0 aliphatic rings. The Kier molecular flexibility index (Phi) is 9.67. The molecule has 1 atom stereocenters. The van der Waals surface area contributed by atoms with E-state index in [-0.39, 0.29) is 17.5 Å². The normalized spacial score (nSPS) is 13.8. The van der Waals surface area contributed by atoms with Crippen molar-refractivity contribution in [1.82, 2.24) is 4.31 Å². The lowest BCUT2D eigenvalue weighted by molar-refractivity contribution is -0.134. The van der Waals surface area contributed by atoms with Gasteiger partial charge in [-0.05, 0) is 41.2 Å². The van der Waals surface area contributed by atoms with Crippen LogP contribution in [0.1, 0.15) is 18.1 Å². The quantitative estimate of drug-likeness (QED) is 0.188. The number of carbonyl (C=O) groups is 1. The second kappa shape index (κ2) is 12.0. The van der Waals surface area contributed by atoms with Crippen LogP contribution in [-0.4, -0.2) is 38.4 Å². The first kappa shape index (κ1) is 25.0. The van der Waals surface area contributed by atoms with Gasteiger partial charge in [0.05, 0.1) is 12.0 Å². The van der Waals surface area contributed by atoms with E-state index in [1.807, 2.05) is 50.3 Å². The fourth-order valence-corrected chi connectivity index (χ4v) is 5.00. The molecule has 0 saturated carbocycles. The Hall–Kier alpha value is -2.23. The first-order valence-electron chi connectivity index (χ1n) is 9.66. The summed E-state index contributed by atoms with van der Waals surface area (Å²) < 4.78 is 34.6. The van der Waals surface area contributed by atoms with Crippen LogP contribution in [0.5, 0.6) is 0 Å². The van der Waals surface area contributed by atoms with Crippen LogP contribution in [0.2, 0.25) is 0 Å². The minimum absolute atomic E-state index is 0.143. The molecule has 0 aliphatic heterocycles. The molecular weight excluding hydrogens is 525 g/mol. The summed E-state index contributed by atoms with van der Waals surface area (Å²) in [6, 6.07) is 15.8. The highest BCUT2D eigenvalue weighted by Gasteiger charge is 2.26. The molecule has 0 aromatic heterocycles. The highest BCUT2D eigenvalue weighted by atomic mass is 127. The molecule has 0 saturated heterocycles. The van der Waals surface area contributed by atoms with Crippen molar-refractivity contribution in [2.75, 3.05) is 13.7 Å². The number of aryl methyl sites for hydroxylation is 1. The van der Waals surface area contributed by atoms with Crippen LogP contribution in [-0.2, 0) is 19.6 Å². The molecule has 2 rings (SSSR count). The van der Waals surface area contributed by atoms with Crippen LogP contribution < -0.4 is 0 Å². The highest BCUT2D eigenvalue weighted by molar-refractivity contribution is 14.1. The number of carbonyl (C=O) groups excluding carboxylic acids is 1. The van der Waals surface area contributed by atoms with E-state index in [9.17, 15) is 13.2 Å². The van der Waals surface area contributed by atoms with Gasteiger partial charge in [0.2, 0.25) is 10.0 Å². The van der Waals surface area contributed by atoms with E-state index in [1.165, 1.54) is 17.5 Å². The zero-order valence-electron chi connectivity index (χ0n) is 17.7. The van der Waals surface area contributed by atoms with Crippen molar-refractivity contribution in [3.05, 3.63) is 94.1 Å². The Morgan fingerprint density at radius 2 is 1.77 bits per heavy atom.